The van der Waals surface area contributed by atoms with Crippen LogP contribution in [-0.4, -0.2) is 48.2 Å². The quantitative estimate of drug-likeness (QED) is 0.143. The normalized spacial score (nSPS) is 11.8. The third kappa shape index (κ3) is 6.45. The molecule has 0 spiro atoms. The van der Waals surface area contributed by atoms with Gasteiger partial charge in [0.1, 0.15) is 6.34 Å². The Morgan fingerprint density at radius 2 is 1.97 bits per heavy atom. The first-order chi connectivity index (χ1) is 15.0. The number of aliphatic carboxylic acids is 1. The van der Waals surface area contributed by atoms with Crippen LogP contribution in [0.2, 0.25) is 0 Å². The highest BCUT2D eigenvalue weighted by Gasteiger charge is 2.31. The van der Waals surface area contributed by atoms with E-state index < -0.39 is 18.0 Å². The van der Waals surface area contributed by atoms with Crippen molar-refractivity contribution in [2.75, 3.05) is 19.0 Å². The molecule has 0 heterocycles. The Kier molecular flexibility index (Phi) is 9.31. The zero-order valence-corrected chi connectivity index (χ0v) is 17.7. The van der Waals surface area contributed by atoms with E-state index in [-0.39, 0.29) is 6.42 Å². The van der Waals surface area contributed by atoms with Crippen LogP contribution in [0.3, 0.4) is 0 Å². The molecule has 0 saturated heterocycles. The van der Waals surface area contributed by atoms with E-state index in [0.29, 0.717) is 12.2 Å². The topological polar surface area (TPSA) is 129 Å². The molecule has 0 aliphatic heterocycles. The lowest BCUT2D eigenvalue weighted by Crippen LogP contribution is -2.50. The van der Waals surface area contributed by atoms with Crippen LogP contribution >= 0.6 is 0 Å². The maximum absolute atomic E-state index is 12.5. The highest BCUT2D eigenvalue weighted by molar-refractivity contribution is 5.89. The average molecular weight is 428 g/mol. The van der Waals surface area contributed by atoms with E-state index in [1.165, 1.54) is 13.4 Å². The summed E-state index contributed by atoms with van der Waals surface area (Å²) in [5.74, 6) is 4.05. The molecule has 0 saturated carbocycles. The number of carbonyl (C=O) groups excluding carboxylic acids is 1. The molecule has 1 atom stereocenters. The molecule has 0 fully saturated rings. The van der Waals surface area contributed by atoms with Gasteiger partial charge in [-0.2, -0.15) is 10.2 Å². The number of rotatable bonds is 11. The average Bonchev–Trinajstić information content (AvgIpc) is 2.78. The van der Waals surface area contributed by atoms with Crippen molar-refractivity contribution >= 4 is 24.0 Å². The Hall–Kier alpha value is -3.59. The Morgan fingerprint density at radius 3 is 2.58 bits per heavy atom. The molecule has 1 unspecified atom stereocenters. The van der Waals surface area contributed by atoms with Gasteiger partial charge >= 0.3 is 12.0 Å². The third-order valence-electron chi connectivity index (χ3n) is 4.69. The number of nitrogens with two attached hydrogens (primary N) is 1. The number of carboxylic acids is 1. The van der Waals surface area contributed by atoms with Crippen molar-refractivity contribution in [2.45, 2.75) is 32.2 Å². The summed E-state index contributed by atoms with van der Waals surface area (Å²) in [7, 11) is 1.28. The van der Waals surface area contributed by atoms with Gasteiger partial charge in [-0.15, -0.1) is 0 Å². The number of hydrogen-bond acceptors (Lipinski definition) is 5. The second-order valence-corrected chi connectivity index (χ2v) is 6.78. The van der Waals surface area contributed by atoms with Crippen molar-refractivity contribution in [2.24, 2.45) is 10.9 Å². The van der Waals surface area contributed by atoms with Crippen molar-refractivity contribution in [3.8, 4) is 11.1 Å². The Morgan fingerprint density at radius 1 is 1.23 bits per heavy atom. The molecule has 31 heavy (non-hydrogen) atoms. The number of carboxylic acid groups (broad SMARTS) is 1. The summed E-state index contributed by atoms with van der Waals surface area (Å²) < 4.78 is 0. The number of carbonyl (C=O) groups is 2. The molecular weight excluding hydrogens is 398 g/mol. The predicted molar refractivity (Wildman–Crippen MR) is 120 cm³/mol. The number of nitrogens with one attached hydrogen (secondary N) is 2. The van der Waals surface area contributed by atoms with E-state index in [2.05, 4.69) is 15.7 Å². The minimum Gasteiger partial charge on any atom is -0.480 e. The first kappa shape index (κ1) is 23.7. The van der Waals surface area contributed by atoms with Gasteiger partial charge < -0.3 is 21.6 Å². The number of hydrazone groups is 1. The number of nitrogens with zero attached hydrogens (tertiary/aromatic N) is 2. The van der Waals surface area contributed by atoms with Gasteiger partial charge in [-0.05, 0) is 23.6 Å². The number of hydrogen-bond donors (Lipinski definition) is 4. The molecule has 9 nitrogen and oxygen atoms in total. The van der Waals surface area contributed by atoms with Crippen LogP contribution < -0.4 is 16.5 Å². The van der Waals surface area contributed by atoms with Gasteiger partial charge in [-0.3, -0.25) is 4.84 Å². The standard InChI is InChI=1S/C22H29N5O4/c1-3-4-13-24-22(30)27(31-2)19(21(28)29)14-17-11-8-12-18(25-15-26-23)20(17)16-9-6-5-7-10-16/h5-12,15,19H,3-4,13-14,23H2,1-2H3,(H,24,30)(H,25,26)(H,28,29). The Labute approximate surface area is 181 Å². The minimum atomic E-state index is -1.23. The first-order valence-electron chi connectivity index (χ1n) is 10.0. The monoisotopic (exact) mass is 427 g/mol. The summed E-state index contributed by atoms with van der Waals surface area (Å²) in [4.78, 5) is 29.8. The van der Waals surface area contributed by atoms with Crippen LogP contribution in [0.4, 0.5) is 10.5 Å². The molecule has 5 N–H and O–H groups in total. The number of unbranched alkanes of at least 4 members (excludes halogenated alkanes) is 1. The molecule has 2 rings (SSSR count). The number of urea groups is 1. The lowest BCUT2D eigenvalue weighted by atomic mass is 9.93. The Bertz CT molecular complexity index is 889. The summed E-state index contributed by atoms with van der Waals surface area (Å²) >= 11 is 0. The molecule has 9 heteroatoms. The maximum atomic E-state index is 12.5. The highest BCUT2D eigenvalue weighted by atomic mass is 16.7. The van der Waals surface area contributed by atoms with Gasteiger partial charge in [0.25, 0.3) is 0 Å². The lowest BCUT2D eigenvalue weighted by molar-refractivity contribution is -0.164. The molecule has 0 radical (unpaired) electrons. The zero-order valence-electron chi connectivity index (χ0n) is 17.7. The SMILES string of the molecule is CCCCNC(=O)N(OC)C(Cc1cccc(NC=NN)c1-c1ccccc1)C(=O)O. The van der Waals surface area contributed by atoms with Crippen molar-refractivity contribution in [1.29, 1.82) is 0 Å². The second-order valence-electron chi connectivity index (χ2n) is 6.78. The van der Waals surface area contributed by atoms with Crippen LogP contribution in [-0.2, 0) is 16.1 Å². The van der Waals surface area contributed by atoms with Gasteiger partial charge in [0.15, 0.2) is 6.04 Å². The highest BCUT2D eigenvalue weighted by Crippen LogP contribution is 2.33. The fourth-order valence-corrected chi connectivity index (χ4v) is 3.22. The number of hydroxylamine groups is 2. The van der Waals surface area contributed by atoms with Crippen molar-refractivity contribution < 1.29 is 19.5 Å². The molecule has 0 aliphatic carbocycles. The molecular formula is C22H29N5O4. The van der Waals surface area contributed by atoms with Crippen LogP contribution in [0.15, 0.2) is 53.6 Å². The molecule has 2 aromatic carbocycles. The fraction of sp³-hybridized carbons (Fsp3) is 0.318. The maximum Gasteiger partial charge on any atom is 0.342 e. The summed E-state index contributed by atoms with van der Waals surface area (Å²) in [5.41, 5.74) is 3.10. The summed E-state index contributed by atoms with van der Waals surface area (Å²) in [6.45, 7) is 2.44. The molecule has 166 valence electrons. The van der Waals surface area contributed by atoms with Gasteiger partial charge in [0, 0.05) is 24.2 Å². The van der Waals surface area contributed by atoms with E-state index in [1.807, 2.05) is 49.4 Å². The first-order valence-corrected chi connectivity index (χ1v) is 10.0. The molecule has 2 aromatic rings. The van der Waals surface area contributed by atoms with E-state index in [0.717, 1.165) is 34.6 Å². The van der Waals surface area contributed by atoms with Crippen LogP contribution in [0, 0.1) is 0 Å². The second kappa shape index (κ2) is 12.2. The summed E-state index contributed by atoms with van der Waals surface area (Å²) in [6, 6.07) is 13.2. The third-order valence-corrected chi connectivity index (χ3v) is 4.69. The van der Waals surface area contributed by atoms with E-state index in [1.54, 1.807) is 6.07 Å². The molecule has 0 aromatic heterocycles. The van der Waals surface area contributed by atoms with Gasteiger partial charge in [0.2, 0.25) is 0 Å². The van der Waals surface area contributed by atoms with E-state index >= 15 is 0 Å². The van der Waals surface area contributed by atoms with Crippen molar-refractivity contribution in [3.63, 3.8) is 0 Å². The van der Waals surface area contributed by atoms with E-state index in [4.69, 9.17) is 10.7 Å². The Balaban J connectivity index is 2.43. The van der Waals surface area contributed by atoms with Crippen molar-refractivity contribution in [1.82, 2.24) is 10.4 Å². The van der Waals surface area contributed by atoms with E-state index in [9.17, 15) is 14.7 Å². The minimum absolute atomic E-state index is 0.0316. The van der Waals surface area contributed by atoms with Crippen LogP contribution in [0.1, 0.15) is 25.3 Å². The molecule has 0 bridgehead atoms. The largest absolute Gasteiger partial charge is 0.480 e. The lowest BCUT2D eigenvalue weighted by Gasteiger charge is -2.27. The van der Waals surface area contributed by atoms with Crippen LogP contribution in [0.25, 0.3) is 11.1 Å². The van der Waals surface area contributed by atoms with Crippen LogP contribution in [0.5, 0.6) is 0 Å². The smallest absolute Gasteiger partial charge is 0.342 e. The van der Waals surface area contributed by atoms with Gasteiger partial charge in [0.05, 0.1) is 7.11 Å². The van der Waals surface area contributed by atoms with Gasteiger partial charge in [-0.25, -0.2) is 9.59 Å². The number of benzene rings is 2. The summed E-state index contributed by atoms with van der Waals surface area (Å²) in [6.07, 6.45) is 3.07. The number of anilines is 1. The fourth-order valence-electron chi connectivity index (χ4n) is 3.22. The summed E-state index contributed by atoms with van der Waals surface area (Å²) in [5, 5.41) is 19.9. The molecule has 2 amide bonds. The van der Waals surface area contributed by atoms with Gasteiger partial charge in [-0.1, -0.05) is 55.8 Å². The zero-order chi connectivity index (χ0) is 22.6. The molecule has 0 aliphatic rings. The van der Waals surface area contributed by atoms with Crippen molar-refractivity contribution in [3.05, 3.63) is 54.1 Å². The number of amides is 2. The predicted octanol–water partition coefficient (Wildman–Crippen LogP) is 3.04.